The molecule has 0 aliphatic rings. The van der Waals surface area contributed by atoms with Gasteiger partial charge in [0, 0.05) is 35.4 Å². The van der Waals surface area contributed by atoms with Crippen LogP contribution in [0.3, 0.4) is 0 Å². The van der Waals surface area contributed by atoms with Crippen LogP contribution in [0.5, 0.6) is 0 Å². The molecule has 0 unspecified atom stereocenters. The van der Waals surface area contributed by atoms with E-state index < -0.39 is 11.8 Å². The summed E-state index contributed by atoms with van der Waals surface area (Å²) in [6.07, 6.45) is 4.49. The Morgan fingerprint density at radius 3 is 2.83 bits per heavy atom. The molecule has 0 atom stereocenters. The number of nitrogens with zero attached hydrogens (tertiary/aromatic N) is 4. The van der Waals surface area contributed by atoms with Crippen molar-refractivity contribution in [2.75, 3.05) is 0 Å². The van der Waals surface area contributed by atoms with Gasteiger partial charge in [0.05, 0.1) is 17.6 Å². The van der Waals surface area contributed by atoms with Crippen LogP contribution in [0, 0.1) is 0 Å². The number of nitrogens with two attached hydrogens (primary N) is 1. The fraction of sp³-hybridized carbons (Fsp3) is 0.200. The van der Waals surface area contributed by atoms with Crippen molar-refractivity contribution in [1.29, 1.82) is 0 Å². The zero-order chi connectivity index (χ0) is 17.5. The van der Waals surface area contributed by atoms with Crippen LogP contribution >= 0.6 is 15.9 Å². The Kier molecular flexibility index (Phi) is 4.04. The van der Waals surface area contributed by atoms with E-state index in [9.17, 15) is 13.6 Å². The number of rotatable bonds is 4. The van der Waals surface area contributed by atoms with Crippen molar-refractivity contribution in [1.82, 2.24) is 19.5 Å². The highest BCUT2D eigenvalue weighted by molar-refractivity contribution is 9.10. The summed E-state index contributed by atoms with van der Waals surface area (Å²) in [5.41, 5.74) is 5.91. The lowest BCUT2D eigenvalue weighted by Crippen LogP contribution is -2.14. The van der Waals surface area contributed by atoms with Crippen LogP contribution in [-0.4, -0.2) is 25.4 Å². The average molecular weight is 396 g/mol. The minimum Gasteiger partial charge on any atom is -0.369 e. The van der Waals surface area contributed by atoms with E-state index >= 15 is 0 Å². The molecule has 9 heteroatoms. The Labute approximate surface area is 143 Å². The number of carbonyl (C=O) groups excluding carboxylic acids is 1. The molecule has 24 heavy (non-hydrogen) atoms. The molecule has 0 fully saturated rings. The number of carbonyl (C=O) groups is 1. The van der Waals surface area contributed by atoms with E-state index in [1.807, 2.05) is 0 Å². The lowest BCUT2D eigenvalue weighted by Gasteiger charge is -2.11. The van der Waals surface area contributed by atoms with Gasteiger partial charge in [-0.15, -0.1) is 0 Å². The third kappa shape index (κ3) is 3.12. The maximum Gasteiger partial charge on any atom is 0.287 e. The highest BCUT2D eigenvalue weighted by atomic mass is 79.9. The van der Waals surface area contributed by atoms with Gasteiger partial charge in [-0.05, 0) is 28.1 Å². The fourth-order valence-electron chi connectivity index (χ4n) is 2.27. The van der Waals surface area contributed by atoms with Crippen LogP contribution < -0.4 is 5.73 Å². The maximum atomic E-state index is 13.5. The molecule has 124 valence electrons. The minimum atomic E-state index is -3.07. The van der Waals surface area contributed by atoms with Gasteiger partial charge >= 0.3 is 0 Å². The number of fused-ring (bicyclic) bond motifs is 1. The van der Waals surface area contributed by atoms with Crippen molar-refractivity contribution >= 4 is 32.7 Å². The average Bonchev–Trinajstić information content (AvgIpc) is 2.83. The topological polar surface area (TPSA) is 86.7 Å². The maximum absolute atomic E-state index is 13.5. The van der Waals surface area contributed by atoms with Crippen LogP contribution in [0.1, 0.15) is 18.3 Å². The van der Waals surface area contributed by atoms with Crippen molar-refractivity contribution < 1.29 is 13.6 Å². The van der Waals surface area contributed by atoms with Crippen molar-refractivity contribution in [2.45, 2.75) is 19.3 Å². The quantitative estimate of drug-likeness (QED) is 0.735. The lowest BCUT2D eigenvalue weighted by molar-refractivity contribution is -0.117. The van der Waals surface area contributed by atoms with Gasteiger partial charge in [0.2, 0.25) is 11.9 Å². The molecule has 1 amide bonds. The smallest absolute Gasteiger partial charge is 0.287 e. The van der Waals surface area contributed by atoms with E-state index in [-0.39, 0.29) is 18.1 Å². The Bertz CT molecular complexity index is 935. The number of aromatic nitrogens is 4. The fourth-order valence-corrected chi connectivity index (χ4v) is 2.78. The molecule has 0 aliphatic carbocycles. The highest BCUT2D eigenvalue weighted by Gasteiger charge is 2.27. The van der Waals surface area contributed by atoms with E-state index in [4.69, 9.17) is 5.73 Å². The summed E-state index contributed by atoms with van der Waals surface area (Å²) in [5.74, 6) is -3.49. The third-order valence-electron chi connectivity index (χ3n) is 3.36. The SMILES string of the molecule is CC(F)(F)c1ccnc(-n2cc(Br)c3cnc(CC(N)=O)cc32)n1. The number of pyridine rings is 1. The molecule has 0 saturated carbocycles. The first-order chi connectivity index (χ1) is 11.3. The lowest BCUT2D eigenvalue weighted by atomic mass is 10.2. The summed E-state index contributed by atoms with van der Waals surface area (Å²) in [7, 11) is 0. The number of alkyl halides is 2. The van der Waals surface area contributed by atoms with Crippen LogP contribution in [-0.2, 0) is 17.1 Å². The number of amides is 1. The van der Waals surface area contributed by atoms with Gasteiger partial charge in [-0.3, -0.25) is 14.3 Å². The predicted molar refractivity (Wildman–Crippen MR) is 86.8 cm³/mol. The highest BCUT2D eigenvalue weighted by Crippen LogP contribution is 2.29. The van der Waals surface area contributed by atoms with Crippen molar-refractivity contribution in [3.8, 4) is 5.95 Å². The Morgan fingerprint density at radius 1 is 1.42 bits per heavy atom. The molecule has 0 bridgehead atoms. The standard InChI is InChI=1S/C15H12BrF2N5O/c1-15(17,18)12-2-3-20-14(22-12)23-7-10(16)9-6-21-8(4-11(9)23)5-13(19)24/h2-4,6-7H,5H2,1H3,(H2,19,24). The van der Waals surface area contributed by atoms with Crippen molar-refractivity contribution in [3.05, 3.63) is 46.6 Å². The van der Waals surface area contributed by atoms with Crippen molar-refractivity contribution in [3.63, 3.8) is 0 Å². The largest absolute Gasteiger partial charge is 0.369 e. The number of hydrogen-bond acceptors (Lipinski definition) is 4. The second-order valence-electron chi connectivity index (χ2n) is 5.31. The molecule has 0 aliphatic heterocycles. The van der Waals surface area contributed by atoms with Gasteiger partial charge in [0.15, 0.2) is 0 Å². The molecule has 0 radical (unpaired) electrons. The van der Waals surface area contributed by atoms with Gasteiger partial charge < -0.3 is 5.73 Å². The second kappa shape index (κ2) is 5.90. The molecule has 3 aromatic rings. The van der Waals surface area contributed by atoms with E-state index in [1.54, 1.807) is 23.0 Å². The third-order valence-corrected chi connectivity index (χ3v) is 3.99. The van der Waals surface area contributed by atoms with Gasteiger partial charge in [-0.2, -0.15) is 8.78 Å². The zero-order valence-electron chi connectivity index (χ0n) is 12.5. The monoisotopic (exact) mass is 395 g/mol. The van der Waals surface area contributed by atoms with E-state index in [0.717, 1.165) is 12.3 Å². The number of hydrogen-bond donors (Lipinski definition) is 1. The van der Waals surface area contributed by atoms with Crippen LogP contribution in [0.25, 0.3) is 16.9 Å². The van der Waals surface area contributed by atoms with Gasteiger partial charge in [0.25, 0.3) is 5.92 Å². The summed E-state index contributed by atoms with van der Waals surface area (Å²) in [6, 6.07) is 2.83. The molecule has 3 rings (SSSR count). The molecule has 0 spiro atoms. The normalized spacial score (nSPS) is 11.8. The molecule has 0 aromatic carbocycles. The van der Waals surface area contributed by atoms with E-state index in [0.29, 0.717) is 15.7 Å². The minimum absolute atomic E-state index is 0.0212. The summed E-state index contributed by atoms with van der Waals surface area (Å²) in [6.45, 7) is 0.775. The molecular weight excluding hydrogens is 384 g/mol. The van der Waals surface area contributed by atoms with Crippen LogP contribution in [0.15, 0.2) is 35.2 Å². The number of halogens is 3. The van der Waals surface area contributed by atoms with E-state index in [1.165, 1.54) is 12.3 Å². The Morgan fingerprint density at radius 2 is 2.17 bits per heavy atom. The summed E-state index contributed by atoms with van der Waals surface area (Å²) >= 11 is 3.39. The van der Waals surface area contributed by atoms with Crippen LogP contribution in [0.4, 0.5) is 8.78 Å². The summed E-state index contributed by atoms with van der Waals surface area (Å²) < 4.78 is 29.3. The zero-order valence-corrected chi connectivity index (χ0v) is 14.1. The van der Waals surface area contributed by atoms with Gasteiger partial charge in [0.1, 0.15) is 5.69 Å². The van der Waals surface area contributed by atoms with Gasteiger partial charge in [-0.1, -0.05) is 0 Å². The molecule has 6 nitrogen and oxygen atoms in total. The second-order valence-corrected chi connectivity index (χ2v) is 6.17. The number of primary amides is 1. The molecule has 0 saturated heterocycles. The first kappa shape index (κ1) is 16.4. The first-order valence-corrected chi connectivity index (χ1v) is 7.70. The molecule has 3 heterocycles. The summed E-state index contributed by atoms with van der Waals surface area (Å²) in [5, 5.41) is 0.737. The Balaban J connectivity index is 2.17. The van der Waals surface area contributed by atoms with Crippen LogP contribution in [0.2, 0.25) is 0 Å². The predicted octanol–water partition coefficient (Wildman–Crippen LogP) is 2.72. The summed E-state index contributed by atoms with van der Waals surface area (Å²) in [4.78, 5) is 23.2. The Hall–Kier alpha value is -2.42. The van der Waals surface area contributed by atoms with Crippen molar-refractivity contribution in [2.24, 2.45) is 5.73 Å². The molecule has 2 N–H and O–H groups in total. The molecule has 3 aromatic heterocycles. The molecular formula is C15H12BrF2N5O. The van der Waals surface area contributed by atoms with E-state index in [2.05, 4.69) is 30.9 Å². The van der Waals surface area contributed by atoms with Gasteiger partial charge in [-0.25, -0.2) is 9.97 Å². The first-order valence-electron chi connectivity index (χ1n) is 6.91.